The van der Waals surface area contributed by atoms with Gasteiger partial charge in [0.05, 0.1) is 0 Å². The van der Waals surface area contributed by atoms with Crippen molar-refractivity contribution in [2.45, 2.75) is 26.7 Å². The predicted octanol–water partition coefficient (Wildman–Crippen LogP) is 3.60. The van der Waals surface area contributed by atoms with E-state index >= 15 is 0 Å². The van der Waals surface area contributed by atoms with Crippen molar-refractivity contribution in [1.29, 1.82) is 0 Å². The lowest BCUT2D eigenvalue weighted by Gasteiger charge is -2.13. The third-order valence-electron chi connectivity index (χ3n) is 3.38. The summed E-state index contributed by atoms with van der Waals surface area (Å²) in [4.78, 5) is 0. The first kappa shape index (κ1) is 13.3. The number of phenols is 3. The summed E-state index contributed by atoms with van der Waals surface area (Å²) >= 11 is 0. The van der Waals surface area contributed by atoms with E-state index in [1.807, 2.05) is 13.0 Å². The quantitative estimate of drug-likeness (QED) is 0.737. The van der Waals surface area contributed by atoms with Crippen LogP contribution in [-0.2, 0) is 12.8 Å². The maximum atomic E-state index is 10.1. The van der Waals surface area contributed by atoms with Gasteiger partial charge in [-0.1, -0.05) is 26.0 Å². The number of hydrogen-bond acceptors (Lipinski definition) is 3. The Bertz CT molecular complexity index is 603. The molecule has 0 aliphatic rings. The Kier molecular flexibility index (Phi) is 3.65. The number of rotatable bonds is 3. The van der Waals surface area contributed by atoms with E-state index in [-0.39, 0.29) is 17.2 Å². The fourth-order valence-corrected chi connectivity index (χ4v) is 2.30. The molecule has 3 nitrogen and oxygen atoms in total. The van der Waals surface area contributed by atoms with Crippen LogP contribution >= 0.6 is 0 Å². The number of hydrogen-bond donors (Lipinski definition) is 3. The first-order chi connectivity index (χ1) is 9.08. The van der Waals surface area contributed by atoms with Gasteiger partial charge >= 0.3 is 0 Å². The fraction of sp³-hybridized carbons (Fsp3) is 0.250. The highest BCUT2D eigenvalue weighted by molar-refractivity contribution is 5.78. The molecular weight excluding hydrogens is 240 g/mol. The first-order valence-electron chi connectivity index (χ1n) is 6.44. The van der Waals surface area contributed by atoms with Gasteiger partial charge in [-0.15, -0.1) is 0 Å². The molecule has 3 N–H and O–H groups in total. The average molecular weight is 258 g/mol. The van der Waals surface area contributed by atoms with Crippen LogP contribution in [0.1, 0.15) is 25.0 Å². The number of aromatic hydroxyl groups is 3. The van der Waals surface area contributed by atoms with Crippen LogP contribution in [0.4, 0.5) is 0 Å². The Morgan fingerprint density at radius 1 is 0.789 bits per heavy atom. The van der Waals surface area contributed by atoms with Crippen molar-refractivity contribution >= 4 is 0 Å². The molecule has 19 heavy (non-hydrogen) atoms. The van der Waals surface area contributed by atoms with Crippen LogP contribution in [0, 0.1) is 0 Å². The zero-order valence-corrected chi connectivity index (χ0v) is 11.1. The largest absolute Gasteiger partial charge is 0.507 e. The average Bonchev–Trinajstić information content (AvgIpc) is 2.42. The van der Waals surface area contributed by atoms with Crippen LogP contribution < -0.4 is 0 Å². The van der Waals surface area contributed by atoms with E-state index < -0.39 is 0 Å². The molecule has 0 fully saturated rings. The highest BCUT2D eigenvalue weighted by Gasteiger charge is 2.14. The second kappa shape index (κ2) is 5.22. The zero-order chi connectivity index (χ0) is 14.0. The summed E-state index contributed by atoms with van der Waals surface area (Å²) in [6, 6.07) is 8.34. The Hall–Kier alpha value is -2.16. The highest BCUT2D eigenvalue weighted by atomic mass is 16.3. The molecule has 0 aliphatic heterocycles. The van der Waals surface area contributed by atoms with E-state index in [4.69, 9.17) is 0 Å². The third kappa shape index (κ3) is 2.36. The summed E-state index contributed by atoms with van der Waals surface area (Å²) in [6.07, 6.45) is 1.71. The topological polar surface area (TPSA) is 60.7 Å². The first-order valence-corrected chi connectivity index (χ1v) is 6.44. The van der Waals surface area contributed by atoms with Crippen LogP contribution in [-0.4, -0.2) is 15.3 Å². The Balaban J connectivity index is 2.65. The standard InChI is InChI=1S/C16H18O3/c1-3-10-8-13(15(18)9-11(10)4-2)12-6-5-7-14(17)16(12)19/h5-9,17-19H,3-4H2,1-2H3. The van der Waals surface area contributed by atoms with Crippen LogP contribution in [0.15, 0.2) is 30.3 Å². The molecule has 2 aromatic rings. The lowest BCUT2D eigenvalue weighted by molar-refractivity contribution is 0.404. The highest BCUT2D eigenvalue weighted by Crippen LogP contribution is 2.41. The van der Waals surface area contributed by atoms with Crippen LogP contribution in [0.3, 0.4) is 0 Å². The lowest BCUT2D eigenvalue weighted by atomic mass is 9.95. The van der Waals surface area contributed by atoms with Crippen molar-refractivity contribution in [3.8, 4) is 28.4 Å². The number of benzene rings is 2. The minimum Gasteiger partial charge on any atom is -0.507 e. The molecule has 100 valence electrons. The predicted molar refractivity (Wildman–Crippen MR) is 75.6 cm³/mol. The summed E-state index contributed by atoms with van der Waals surface area (Å²) in [6.45, 7) is 4.09. The number of phenolic OH excluding ortho intramolecular Hbond substituents is 3. The number of aryl methyl sites for hydroxylation is 2. The van der Waals surface area contributed by atoms with E-state index in [9.17, 15) is 15.3 Å². The van der Waals surface area contributed by atoms with E-state index in [1.54, 1.807) is 18.2 Å². The second-order valence-electron chi connectivity index (χ2n) is 4.52. The fourth-order valence-electron chi connectivity index (χ4n) is 2.30. The van der Waals surface area contributed by atoms with Gasteiger partial charge < -0.3 is 15.3 Å². The van der Waals surface area contributed by atoms with Crippen LogP contribution in [0.5, 0.6) is 17.2 Å². The molecule has 0 spiro atoms. The molecular formula is C16H18O3. The van der Waals surface area contributed by atoms with E-state index in [0.29, 0.717) is 11.1 Å². The summed E-state index contributed by atoms with van der Waals surface area (Å²) in [5.41, 5.74) is 3.22. The maximum absolute atomic E-state index is 10.1. The molecule has 2 rings (SSSR count). The Labute approximate surface area is 112 Å². The van der Waals surface area contributed by atoms with Gasteiger partial charge in [-0.2, -0.15) is 0 Å². The molecule has 0 radical (unpaired) electrons. The maximum Gasteiger partial charge on any atom is 0.165 e. The van der Waals surface area contributed by atoms with Gasteiger partial charge in [-0.05, 0) is 42.2 Å². The summed E-state index contributed by atoms with van der Waals surface area (Å²) in [5.74, 6) is -0.270. The molecule has 3 heteroatoms. The molecule has 0 saturated carbocycles. The minimum atomic E-state index is -0.205. The van der Waals surface area contributed by atoms with E-state index in [1.165, 1.54) is 6.07 Å². The lowest BCUT2D eigenvalue weighted by Crippen LogP contribution is -1.93. The second-order valence-corrected chi connectivity index (χ2v) is 4.52. The van der Waals surface area contributed by atoms with Gasteiger partial charge in [0.15, 0.2) is 11.5 Å². The molecule has 2 aromatic carbocycles. The van der Waals surface area contributed by atoms with Crippen LogP contribution in [0.2, 0.25) is 0 Å². The van der Waals surface area contributed by atoms with Crippen molar-refractivity contribution in [3.63, 3.8) is 0 Å². The van der Waals surface area contributed by atoms with Gasteiger partial charge in [-0.3, -0.25) is 0 Å². The normalized spacial score (nSPS) is 10.6. The summed E-state index contributed by atoms with van der Waals surface area (Å²) in [5, 5.41) is 29.6. The van der Waals surface area contributed by atoms with Crippen LogP contribution in [0.25, 0.3) is 11.1 Å². The van der Waals surface area contributed by atoms with Gasteiger partial charge in [-0.25, -0.2) is 0 Å². The SMILES string of the molecule is CCc1cc(O)c(-c2cccc(O)c2O)cc1CC. The monoisotopic (exact) mass is 258 g/mol. The molecule has 0 bridgehead atoms. The van der Waals surface area contributed by atoms with Crippen molar-refractivity contribution in [1.82, 2.24) is 0 Å². The summed E-state index contributed by atoms with van der Waals surface area (Å²) < 4.78 is 0. The van der Waals surface area contributed by atoms with Gasteiger partial charge in [0, 0.05) is 11.1 Å². The van der Waals surface area contributed by atoms with Crippen molar-refractivity contribution in [2.75, 3.05) is 0 Å². The zero-order valence-electron chi connectivity index (χ0n) is 11.1. The summed E-state index contributed by atoms with van der Waals surface area (Å²) in [7, 11) is 0. The third-order valence-corrected chi connectivity index (χ3v) is 3.38. The Morgan fingerprint density at radius 2 is 1.42 bits per heavy atom. The van der Waals surface area contributed by atoms with Gasteiger partial charge in [0.2, 0.25) is 0 Å². The van der Waals surface area contributed by atoms with Gasteiger partial charge in [0.25, 0.3) is 0 Å². The van der Waals surface area contributed by atoms with E-state index in [2.05, 4.69) is 6.92 Å². The molecule has 0 aliphatic carbocycles. The number of para-hydroxylation sites is 1. The molecule has 0 unspecified atom stereocenters. The molecule has 0 aromatic heterocycles. The smallest absolute Gasteiger partial charge is 0.165 e. The van der Waals surface area contributed by atoms with E-state index in [0.717, 1.165) is 24.0 Å². The Morgan fingerprint density at radius 3 is 2.05 bits per heavy atom. The molecule has 0 amide bonds. The van der Waals surface area contributed by atoms with Crippen molar-refractivity contribution in [2.24, 2.45) is 0 Å². The molecule has 0 heterocycles. The van der Waals surface area contributed by atoms with Crippen molar-refractivity contribution in [3.05, 3.63) is 41.5 Å². The van der Waals surface area contributed by atoms with Gasteiger partial charge in [0.1, 0.15) is 5.75 Å². The molecule has 0 saturated heterocycles. The van der Waals surface area contributed by atoms with Crippen molar-refractivity contribution < 1.29 is 15.3 Å². The molecule has 0 atom stereocenters. The minimum absolute atomic E-state index is 0.120.